The van der Waals surface area contributed by atoms with E-state index in [-0.39, 0.29) is 11.4 Å². The van der Waals surface area contributed by atoms with Gasteiger partial charge in [0.15, 0.2) is 0 Å². The summed E-state index contributed by atoms with van der Waals surface area (Å²) >= 11 is 3.33. The van der Waals surface area contributed by atoms with E-state index in [2.05, 4.69) is 21.2 Å². The fourth-order valence-corrected chi connectivity index (χ4v) is 1.75. The van der Waals surface area contributed by atoms with E-state index in [4.69, 9.17) is 5.73 Å². The highest BCUT2D eigenvalue weighted by Crippen LogP contribution is 2.15. The van der Waals surface area contributed by atoms with Gasteiger partial charge in [-0.2, -0.15) is 0 Å². The molecule has 1 rings (SSSR count). The van der Waals surface area contributed by atoms with Crippen LogP contribution in [0.5, 0.6) is 0 Å². The number of nitrogens with one attached hydrogen (secondary N) is 1. The second kappa shape index (κ2) is 5.75. The van der Waals surface area contributed by atoms with Crippen LogP contribution in [0, 0.1) is 5.82 Å². The maximum Gasteiger partial charge on any atom is 0.126 e. The summed E-state index contributed by atoms with van der Waals surface area (Å²) in [5.74, 6) is -0.157. The molecule has 0 fully saturated rings. The van der Waals surface area contributed by atoms with Crippen molar-refractivity contribution in [2.75, 3.05) is 13.1 Å². The molecule has 0 aliphatic carbocycles. The lowest BCUT2D eigenvalue weighted by atomic mass is 10.1. The third kappa shape index (κ3) is 4.20. The molecule has 0 aromatic heterocycles. The lowest BCUT2D eigenvalue weighted by molar-refractivity contribution is 0.400. The number of rotatable bonds is 5. The first-order chi connectivity index (χ1) is 7.44. The molecule has 0 unspecified atom stereocenters. The summed E-state index contributed by atoms with van der Waals surface area (Å²) in [5.41, 5.74) is 6.22. The Morgan fingerprint density at radius 2 is 2.12 bits per heavy atom. The number of nitrogens with two attached hydrogens (primary N) is 1. The quantitative estimate of drug-likeness (QED) is 0.874. The van der Waals surface area contributed by atoms with E-state index >= 15 is 0 Å². The zero-order valence-electron chi connectivity index (χ0n) is 9.69. The number of hydrogen-bond acceptors (Lipinski definition) is 2. The Balaban J connectivity index is 2.52. The van der Waals surface area contributed by atoms with E-state index in [1.165, 1.54) is 6.07 Å². The fourth-order valence-electron chi connectivity index (χ4n) is 1.34. The van der Waals surface area contributed by atoms with Crippen molar-refractivity contribution in [1.29, 1.82) is 0 Å². The first-order valence-electron chi connectivity index (χ1n) is 5.33. The summed E-state index contributed by atoms with van der Waals surface area (Å²) in [6.07, 6.45) is 0.661. The minimum Gasteiger partial charge on any atom is -0.329 e. The van der Waals surface area contributed by atoms with Crippen LogP contribution in [0.25, 0.3) is 0 Å². The van der Waals surface area contributed by atoms with E-state index < -0.39 is 0 Å². The van der Waals surface area contributed by atoms with E-state index in [9.17, 15) is 4.39 Å². The molecule has 0 heterocycles. The topological polar surface area (TPSA) is 38.0 Å². The molecule has 3 N–H and O–H groups in total. The molecule has 0 saturated carbocycles. The number of benzene rings is 1. The average molecular weight is 289 g/mol. The van der Waals surface area contributed by atoms with E-state index in [1.54, 1.807) is 6.07 Å². The molecule has 90 valence electrons. The molecule has 2 nitrogen and oxygen atoms in total. The van der Waals surface area contributed by atoms with Crippen molar-refractivity contribution in [1.82, 2.24) is 5.32 Å². The van der Waals surface area contributed by atoms with Gasteiger partial charge >= 0.3 is 0 Å². The molecule has 16 heavy (non-hydrogen) atoms. The Kier molecular flexibility index (Phi) is 4.89. The van der Waals surface area contributed by atoms with Gasteiger partial charge in [-0.15, -0.1) is 0 Å². The Morgan fingerprint density at radius 3 is 2.75 bits per heavy atom. The number of hydrogen-bond donors (Lipinski definition) is 2. The molecule has 0 atom stereocenters. The standard InChI is InChI=1S/C12H18BrFN2/c1-12(2,8-15)16-6-5-9-7-10(13)3-4-11(9)14/h3-4,7,16H,5-6,8,15H2,1-2H3. The zero-order valence-corrected chi connectivity index (χ0v) is 11.3. The van der Waals surface area contributed by atoms with Crippen LogP contribution < -0.4 is 11.1 Å². The first-order valence-corrected chi connectivity index (χ1v) is 6.13. The van der Waals surface area contributed by atoms with Crippen LogP contribution in [-0.4, -0.2) is 18.6 Å². The fraction of sp³-hybridized carbons (Fsp3) is 0.500. The molecule has 1 aromatic carbocycles. The molecule has 0 radical (unpaired) electrons. The highest BCUT2D eigenvalue weighted by atomic mass is 79.9. The third-order valence-electron chi connectivity index (χ3n) is 2.52. The predicted molar refractivity (Wildman–Crippen MR) is 68.9 cm³/mol. The minimum atomic E-state index is -0.157. The maximum atomic E-state index is 13.4. The molecule has 4 heteroatoms. The van der Waals surface area contributed by atoms with Crippen LogP contribution in [0.15, 0.2) is 22.7 Å². The van der Waals surface area contributed by atoms with Gasteiger partial charge in [0.25, 0.3) is 0 Å². The SMILES string of the molecule is CC(C)(CN)NCCc1cc(Br)ccc1F. The highest BCUT2D eigenvalue weighted by Gasteiger charge is 2.13. The normalized spacial score (nSPS) is 11.8. The Labute approximate surface area is 105 Å². The van der Waals surface area contributed by atoms with Gasteiger partial charge in [0.2, 0.25) is 0 Å². The summed E-state index contributed by atoms with van der Waals surface area (Å²) in [6.45, 7) is 5.35. The lowest BCUT2D eigenvalue weighted by Crippen LogP contribution is -2.46. The Morgan fingerprint density at radius 1 is 1.44 bits per heavy atom. The third-order valence-corrected chi connectivity index (χ3v) is 3.01. The van der Waals surface area contributed by atoms with Gasteiger partial charge in [0.1, 0.15) is 5.82 Å². The zero-order chi connectivity index (χ0) is 12.2. The smallest absolute Gasteiger partial charge is 0.126 e. The Hall–Kier alpha value is -0.450. The number of halogens is 2. The van der Waals surface area contributed by atoms with Crippen LogP contribution in [0.1, 0.15) is 19.4 Å². The average Bonchev–Trinajstić information content (AvgIpc) is 2.23. The lowest BCUT2D eigenvalue weighted by Gasteiger charge is -2.24. The van der Waals surface area contributed by atoms with Gasteiger partial charge in [-0.05, 0) is 50.6 Å². The van der Waals surface area contributed by atoms with Crippen LogP contribution in [0.2, 0.25) is 0 Å². The first kappa shape index (κ1) is 13.6. The largest absolute Gasteiger partial charge is 0.329 e. The van der Waals surface area contributed by atoms with E-state index in [1.807, 2.05) is 19.9 Å². The van der Waals surface area contributed by atoms with Crippen molar-refractivity contribution in [3.05, 3.63) is 34.1 Å². The van der Waals surface area contributed by atoms with Gasteiger partial charge in [-0.1, -0.05) is 15.9 Å². The summed E-state index contributed by atoms with van der Waals surface area (Å²) < 4.78 is 14.3. The van der Waals surface area contributed by atoms with Crippen LogP contribution in [0.4, 0.5) is 4.39 Å². The molecule has 0 bridgehead atoms. The van der Waals surface area contributed by atoms with Crippen molar-refractivity contribution in [3.63, 3.8) is 0 Å². The van der Waals surface area contributed by atoms with Crippen molar-refractivity contribution >= 4 is 15.9 Å². The van der Waals surface area contributed by atoms with Gasteiger partial charge in [-0.3, -0.25) is 0 Å². The second-order valence-electron chi connectivity index (χ2n) is 4.50. The maximum absolute atomic E-state index is 13.4. The second-order valence-corrected chi connectivity index (χ2v) is 5.42. The van der Waals surface area contributed by atoms with Crippen LogP contribution in [-0.2, 0) is 6.42 Å². The van der Waals surface area contributed by atoms with Gasteiger partial charge in [0.05, 0.1) is 0 Å². The summed E-state index contributed by atoms with van der Waals surface area (Å²) in [4.78, 5) is 0. The van der Waals surface area contributed by atoms with Gasteiger partial charge in [0, 0.05) is 16.6 Å². The molecule has 0 aliphatic rings. The summed E-state index contributed by atoms with van der Waals surface area (Å²) in [5, 5.41) is 3.30. The minimum absolute atomic E-state index is 0.0948. The van der Waals surface area contributed by atoms with Crippen molar-refractivity contribution < 1.29 is 4.39 Å². The van der Waals surface area contributed by atoms with Crippen molar-refractivity contribution in [2.24, 2.45) is 5.73 Å². The molecule has 0 aliphatic heterocycles. The molecule has 0 saturated heterocycles. The Bertz CT molecular complexity index is 353. The summed E-state index contributed by atoms with van der Waals surface area (Å²) in [7, 11) is 0. The van der Waals surface area contributed by atoms with E-state index in [0.29, 0.717) is 13.0 Å². The highest BCUT2D eigenvalue weighted by molar-refractivity contribution is 9.10. The monoisotopic (exact) mass is 288 g/mol. The molecule has 0 amide bonds. The van der Waals surface area contributed by atoms with Crippen molar-refractivity contribution in [3.8, 4) is 0 Å². The molecular weight excluding hydrogens is 271 g/mol. The van der Waals surface area contributed by atoms with Crippen LogP contribution in [0.3, 0.4) is 0 Å². The molecular formula is C12H18BrFN2. The van der Waals surface area contributed by atoms with Gasteiger partial charge in [-0.25, -0.2) is 4.39 Å². The summed E-state index contributed by atoms with van der Waals surface area (Å²) in [6, 6.07) is 5.00. The van der Waals surface area contributed by atoms with E-state index in [0.717, 1.165) is 16.6 Å². The van der Waals surface area contributed by atoms with Crippen LogP contribution >= 0.6 is 15.9 Å². The molecule has 1 aromatic rings. The van der Waals surface area contributed by atoms with Crippen molar-refractivity contribution in [2.45, 2.75) is 25.8 Å². The molecule has 0 spiro atoms. The van der Waals surface area contributed by atoms with Gasteiger partial charge < -0.3 is 11.1 Å². The predicted octanol–water partition coefficient (Wildman–Crippen LogP) is 2.46.